The van der Waals surface area contributed by atoms with Crippen molar-refractivity contribution >= 4 is 6.03 Å². The Morgan fingerprint density at radius 3 is 2.80 bits per heavy atom. The molecule has 0 bridgehead atoms. The first-order valence-corrected chi connectivity index (χ1v) is 7.80. The molecule has 0 saturated heterocycles. The molecule has 1 rings (SSSR count). The Hall–Kier alpha value is -0.810. The summed E-state index contributed by atoms with van der Waals surface area (Å²) in [6.45, 7) is 3.83. The van der Waals surface area contributed by atoms with Crippen LogP contribution in [0.3, 0.4) is 0 Å². The third kappa shape index (κ3) is 7.70. The first kappa shape index (κ1) is 17.2. The summed E-state index contributed by atoms with van der Waals surface area (Å²) in [5, 5.41) is 15.1. The Kier molecular flexibility index (Phi) is 8.62. The van der Waals surface area contributed by atoms with Gasteiger partial charge in [0.15, 0.2) is 0 Å². The molecule has 1 aliphatic rings. The van der Waals surface area contributed by atoms with Gasteiger partial charge in [0.1, 0.15) is 0 Å². The van der Waals surface area contributed by atoms with E-state index in [2.05, 4.69) is 17.6 Å². The zero-order valence-electron chi connectivity index (χ0n) is 12.9. The molecule has 0 radical (unpaired) electrons. The maximum Gasteiger partial charge on any atom is 0.314 e. The molecule has 0 spiro atoms. The highest BCUT2D eigenvalue weighted by Crippen LogP contribution is 2.30. The summed E-state index contributed by atoms with van der Waals surface area (Å²) in [6.07, 6.45) is 6.36. The zero-order valence-corrected chi connectivity index (χ0v) is 12.9. The van der Waals surface area contributed by atoms with E-state index in [0.717, 1.165) is 24.8 Å². The number of carbonyl (C=O) groups is 1. The van der Waals surface area contributed by atoms with E-state index >= 15 is 0 Å². The number of urea groups is 1. The lowest BCUT2D eigenvalue weighted by Gasteiger charge is -2.26. The van der Waals surface area contributed by atoms with Gasteiger partial charge in [-0.25, -0.2) is 4.79 Å². The monoisotopic (exact) mass is 286 g/mol. The van der Waals surface area contributed by atoms with E-state index in [0.29, 0.717) is 19.6 Å². The van der Waals surface area contributed by atoms with E-state index in [1.165, 1.54) is 25.7 Å². The summed E-state index contributed by atoms with van der Waals surface area (Å²) in [4.78, 5) is 11.6. The van der Waals surface area contributed by atoms with Gasteiger partial charge in [-0.1, -0.05) is 26.2 Å². The number of amides is 2. The molecule has 118 valence electrons. The molecule has 1 saturated carbocycles. The van der Waals surface area contributed by atoms with Crippen molar-refractivity contribution in [3.8, 4) is 0 Å². The first-order chi connectivity index (χ1) is 9.61. The van der Waals surface area contributed by atoms with E-state index in [4.69, 9.17) is 4.74 Å². The van der Waals surface area contributed by atoms with Gasteiger partial charge in [-0.05, 0) is 31.1 Å². The molecule has 2 amide bonds. The van der Waals surface area contributed by atoms with Crippen molar-refractivity contribution in [1.29, 1.82) is 0 Å². The first-order valence-electron chi connectivity index (χ1n) is 7.80. The Morgan fingerprint density at radius 2 is 2.10 bits per heavy atom. The van der Waals surface area contributed by atoms with E-state index in [9.17, 15) is 9.90 Å². The zero-order chi connectivity index (χ0) is 14.8. The van der Waals surface area contributed by atoms with Crippen LogP contribution in [0.1, 0.15) is 45.4 Å². The molecule has 3 atom stereocenters. The van der Waals surface area contributed by atoms with Crippen LogP contribution in [0.2, 0.25) is 0 Å². The number of hydrogen-bond donors (Lipinski definition) is 3. The van der Waals surface area contributed by atoms with Crippen LogP contribution in [0.25, 0.3) is 0 Å². The van der Waals surface area contributed by atoms with E-state index in [1.54, 1.807) is 7.11 Å². The van der Waals surface area contributed by atoms with Gasteiger partial charge < -0.3 is 20.5 Å². The van der Waals surface area contributed by atoms with Crippen molar-refractivity contribution in [3.05, 3.63) is 0 Å². The predicted octanol–water partition coefficient (Wildman–Crippen LogP) is 1.90. The molecule has 1 aliphatic carbocycles. The topological polar surface area (TPSA) is 70.6 Å². The maximum atomic E-state index is 11.6. The molecule has 0 aromatic heterocycles. The predicted molar refractivity (Wildman–Crippen MR) is 79.6 cm³/mol. The number of hydrogen-bond acceptors (Lipinski definition) is 3. The SMILES string of the molecule is COCC(O)CCNC(=O)NCCC1CCCC(C)C1. The van der Waals surface area contributed by atoms with Gasteiger partial charge in [0.05, 0.1) is 12.7 Å². The number of methoxy groups -OCH3 is 1. The Bertz CT molecular complexity index is 274. The standard InChI is InChI=1S/C15H30N2O3/c1-12-4-3-5-13(10-12)6-8-16-15(19)17-9-7-14(18)11-20-2/h12-14,18H,3-11H2,1-2H3,(H2,16,17,19). The number of aliphatic hydroxyl groups excluding tert-OH is 1. The molecule has 5 heteroatoms. The Morgan fingerprint density at radius 1 is 1.35 bits per heavy atom. The average Bonchev–Trinajstić information content (AvgIpc) is 2.39. The summed E-state index contributed by atoms with van der Waals surface area (Å²) < 4.78 is 4.82. The summed E-state index contributed by atoms with van der Waals surface area (Å²) in [6, 6.07) is -0.140. The highest BCUT2D eigenvalue weighted by atomic mass is 16.5. The van der Waals surface area contributed by atoms with Gasteiger partial charge in [-0.15, -0.1) is 0 Å². The number of aliphatic hydroxyl groups is 1. The van der Waals surface area contributed by atoms with Crippen LogP contribution < -0.4 is 10.6 Å². The minimum Gasteiger partial charge on any atom is -0.391 e. The van der Waals surface area contributed by atoms with Crippen molar-refractivity contribution in [2.75, 3.05) is 26.8 Å². The molecule has 5 nitrogen and oxygen atoms in total. The lowest BCUT2D eigenvalue weighted by molar-refractivity contribution is 0.0598. The summed E-state index contributed by atoms with van der Waals surface area (Å²) in [5.41, 5.74) is 0. The summed E-state index contributed by atoms with van der Waals surface area (Å²) in [5.74, 6) is 1.60. The van der Waals surface area contributed by atoms with Crippen LogP contribution in [-0.4, -0.2) is 44.0 Å². The fourth-order valence-corrected chi connectivity index (χ4v) is 2.90. The maximum absolute atomic E-state index is 11.6. The normalized spacial score (nSPS) is 24.1. The third-order valence-electron chi connectivity index (χ3n) is 4.01. The molecule has 3 N–H and O–H groups in total. The molecule has 20 heavy (non-hydrogen) atoms. The minimum atomic E-state index is -0.510. The van der Waals surface area contributed by atoms with E-state index in [1.807, 2.05) is 0 Å². The molecular formula is C15H30N2O3. The highest BCUT2D eigenvalue weighted by molar-refractivity contribution is 5.73. The Balaban J connectivity index is 1.99. The largest absolute Gasteiger partial charge is 0.391 e. The minimum absolute atomic E-state index is 0.140. The number of rotatable bonds is 8. The van der Waals surface area contributed by atoms with Gasteiger partial charge in [-0.3, -0.25) is 0 Å². The number of ether oxygens (including phenoxy) is 1. The van der Waals surface area contributed by atoms with Gasteiger partial charge in [0, 0.05) is 20.2 Å². The summed E-state index contributed by atoms with van der Waals surface area (Å²) >= 11 is 0. The molecule has 0 aromatic rings. The van der Waals surface area contributed by atoms with Crippen molar-refractivity contribution in [2.24, 2.45) is 11.8 Å². The fourth-order valence-electron chi connectivity index (χ4n) is 2.90. The van der Waals surface area contributed by atoms with Crippen LogP contribution in [0.5, 0.6) is 0 Å². The van der Waals surface area contributed by atoms with Crippen LogP contribution >= 0.6 is 0 Å². The second kappa shape index (κ2) is 10.00. The van der Waals surface area contributed by atoms with Crippen LogP contribution in [-0.2, 0) is 4.74 Å². The lowest BCUT2D eigenvalue weighted by atomic mass is 9.81. The van der Waals surface area contributed by atoms with Crippen molar-refractivity contribution in [3.63, 3.8) is 0 Å². The van der Waals surface area contributed by atoms with Gasteiger partial charge in [0.25, 0.3) is 0 Å². The third-order valence-corrected chi connectivity index (χ3v) is 4.01. The molecular weight excluding hydrogens is 256 g/mol. The van der Waals surface area contributed by atoms with Crippen molar-refractivity contribution in [2.45, 2.75) is 51.6 Å². The average molecular weight is 286 g/mol. The fraction of sp³-hybridized carbons (Fsp3) is 0.933. The summed E-state index contributed by atoms with van der Waals surface area (Å²) in [7, 11) is 1.55. The van der Waals surface area contributed by atoms with Gasteiger partial charge >= 0.3 is 6.03 Å². The molecule has 3 unspecified atom stereocenters. The van der Waals surface area contributed by atoms with Crippen LogP contribution in [0.15, 0.2) is 0 Å². The molecule has 0 heterocycles. The quantitative estimate of drug-likeness (QED) is 0.638. The number of nitrogens with one attached hydrogen (secondary N) is 2. The molecule has 0 aromatic carbocycles. The second-order valence-corrected chi connectivity index (χ2v) is 6.01. The van der Waals surface area contributed by atoms with Crippen LogP contribution in [0, 0.1) is 11.8 Å². The van der Waals surface area contributed by atoms with E-state index < -0.39 is 6.10 Å². The highest BCUT2D eigenvalue weighted by Gasteiger charge is 2.18. The number of carbonyl (C=O) groups excluding carboxylic acids is 1. The lowest BCUT2D eigenvalue weighted by Crippen LogP contribution is -2.38. The smallest absolute Gasteiger partial charge is 0.314 e. The van der Waals surface area contributed by atoms with E-state index in [-0.39, 0.29) is 6.03 Å². The van der Waals surface area contributed by atoms with Gasteiger partial charge in [0.2, 0.25) is 0 Å². The Labute approximate surface area is 122 Å². The van der Waals surface area contributed by atoms with Gasteiger partial charge in [-0.2, -0.15) is 0 Å². The van der Waals surface area contributed by atoms with Crippen molar-refractivity contribution < 1.29 is 14.6 Å². The van der Waals surface area contributed by atoms with Crippen LogP contribution in [0.4, 0.5) is 4.79 Å². The molecule has 0 aliphatic heterocycles. The van der Waals surface area contributed by atoms with Crippen molar-refractivity contribution in [1.82, 2.24) is 10.6 Å². The molecule has 1 fully saturated rings. The second-order valence-electron chi connectivity index (χ2n) is 6.01.